The predicted octanol–water partition coefficient (Wildman–Crippen LogP) is 4.71. The monoisotopic (exact) mass is 434 g/mol. The van der Waals surface area contributed by atoms with Crippen LogP contribution in [0.15, 0.2) is 24.3 Å². The molecule has 0 spiro atoms. The molecule has 0 saturated carbocycles. The summed E-state index contributed by atoms with van der Waals surface area (Å²) in [5, 5.41) is 16.6. The lowest BCUT2D eigenvalue weighted by Gasteiger charge is -2.10. The van der Waals surface area contributed by atoms with Crippen LogP contribution in [0, 0.1) is 19.8 Å². The summed E-state index contributed by atoms with van der Waals surface area (Å²) in [6, 6.07) is 7.93. The molecule has 1 aromatic carbocycles. The number of carbonyl (C=O) groups excluding carboxylic acids is 1. The zero-order valence-electron chi connectivity index (χ0n) is 19.7. The van der Waals surface area contributed by atoms with Crippen LogP contribution in [-0.2, 0) is 30.7 Å². The summed E-state index contributed by atoms with van der Waals surface area (Å²) in [5.41, 5.74) is 5.15. The van der Waals surface area contributed by atoms with E-state index in [4.69, 9.17) is 0 Å². The molecule has 0 bridgehead atoms. The minimum Gasteiger partial charge on any atom is -0.326 e. The Morgan fingerprint density at radius 1 is 1.16 bits per heavy atom. The van der Waals surface area contributed by atoms with Crippen molar-refractivity contribution in [2.75, 3.05) is 5.32 Å². The molecule has 0 unspecified atom stereocenters. The van der Waals surface area contributed by atoms with E-state index in [0.717, 1.165) is 54.5 Å². The van der Waals surface area contributed by atoms with E-state index >= 15 is 0 Å². The van der Waals surface area contributed by atoms with Crippen LogP contribution in [0.4, 0.5) is 5.69 Å². The number of rotatable bonds is 7. The molecular formula is C25H34N6O. The van der Waals surface area contributed by atoms with Crippen LogP contribution in [0.3, 0.4) is 0 Å². The van der Waals surface area contributed by atoms with Crippen LogP contribution in [0.1, 0.15) is 62.3 Å². The van der Waals surface area contributed by atoms with E-state index in [1.807, 2.05) is 31.2 Å². The number of anilines is 1. The Bertz CT molecular complexity index is 1090. The molecule has 3 aromatic rings. The molecule has 1 N–H and O–H groups in total. The number of fused-ring (bicyclic) bond motifs is 1. The molecule has 4 rings (SSSR count). The van der Waals surface area contributed by atoms with Gasteiger partial charge in [-0.15, -0.1) is 10.2 Å². The smallest absolute Gasteiger partial charge is 0.224 e. The molecule has 1 amide bonds. The van der Waals surface area contributed by atoms with Crippen LogP contribution >= 0.6 is 0 Å². The highest BCUT2D eigenvalue weighted by atomic mass is 16.1. The van der Waals surface area contributed by atoms with E-state index in [2.05, 4.69) is 50.6 Å². The number of aromatic nitrogens is 5. The van der Waals surface area contributed by atoms with Crippen LogP contribution in [-0.4, -0.2) is 30.5 Å². The van der Waals surface area contributed by atoms with Crippen molar-refractivity contribution in [2.24, 2.45) is 5.92 Å². The van der Waals surface area contributed by atoms with Gasteiger partial charge in [0.25, 0.3) is 0 Å². The van der Waals surface area contributed by atoms with Gasteiger partial charge in [-0.3, -0.25) is 9.48 Å². The lowest BCUT2D eigenvalue weighted by molar-refractivity contribution is -0.116. The summed E-state index contributed by atoms with van der Waals surface area (Å²) in [6.45, 7) is 10.4. The minimum atomic E-state index is 0.0117. The molecule has 7 heteroatoms. The number of carbonyl (C=O) groups is 1. The van der Waals surface area contributed by atoms with Gasteiger partial charge in [-0.05, 0) is 56.7 Å². The normalized spacial score (nSPS) is 13.8. The summed E-state index contributed by atoms with van der Waals surface area (Å²) >= 11 is 0. The third-order valence-corrected chi connectivity index (χ3v) is 6.19. The molecule has 0 atom stereocenters. The van der Waals surface area contributed by atoms with Gasteiger partial charge < -0.3 is 9.88 Å². The third-order valence-electron chi connectivity index (χ3n) is 6.19. The van der Waals surface area contributed by atoms with Crippen molar-refractivity contribution in [3.05, 3.63) is 47.0 Å². The lowest BCUT2D eigenvalue weighted by Crippen LogP contribution is -2.13. The van der Waals surface area contributed by atoms with Crippen LogP contribution in [0.5, 0.6) is 0 Å². The van der Waals surface area contributed by atoms with Gasteiger partial charge in [0.15, 0.2) is 5.82 Å². The molecule has 2 aromatic heterocycles. The number of hydrogen-bond donors (Lipinski definition) is 1. The first-order chi connectivity index (χ1) is 15.4. The second kappa shape index (κ2) is 9.67. The Morgan fingerprint density at radius 3 is 2.81 bits per heavy atom. The molecule has 0 radical (unpaired) electrons. The molecular weight excluding hydrogens is 400 g/mol. The number of nitrogens with one attached hydrogen (secondary N) is 1. The molecule has 7 nitrogen and oxygen atoms in total. The first-order valence-corrected chi connectivity index (χ1v) is 11.8. The van der Waals surface area contributed by atoms with Gasteiger partial charge in [-0.1, -0.05) is 32.4 Å². The van der Waals surface area contributed by atoms with E-state index in [1.54, 1.807) is 0 Å². The Hall–Kier alpha value is -2.96. The Kier molecular flexibility index (Phi) is 6.72. The van der Waals surface area contributed by atoms with E-state index < -0.39 is 0 Å². The second-order valence-corrected chi connectivity index (χ2v) is 9.26. The van der Waals surface area contributed by atoms with Crippen molar-refractivity contribution in [2.45, 2.75) is 79.3 Å². The fourth-order valence-corrected chi connectivity index (χ4v) is 4.52. The van der Waals surface area contributed by atoms with Gasteiger partial charge in [0, 0.05) is 42.9 Å². The van der Waals surface area contributed by atoms with Gasteiger partial charge in [0.1, 0.15) is 5.82 Å². The fraction of sp³-hybridized carbons (Fsp3) is 0.520. The maximum Gasteiger partial charge on any atom is 0.224 e. The zero-order chi connectivity index (χ0) is 22.7. The highest BCUT2D eigenvalue weighted by molar-refractivity contribution is 5.91. The highest BCUT2D eigenvalue weighted by Gasteiger charge is 2.17. The molecule has 170 valence electrons. The lowest BCUT2D eigenvalue weighted by atomic mass is 10.1. The number of benzene rings is 1. The summed E-state index contributed by atoms with van der Waals surface area (Å²) in [7, 11) is 0. The van der Waals surface area contributed by atoms with Gasteiger partial charge in [-0.2, -0.15) is 5.10 Å². The molecule has 3 heterocycles. The van der Waals surface area contributed by atoms with Gasteiger partial charge in [-0.25, -0.2) is 0 Å². The molecule has 0 saturated heterocycles. The Labute approximate surface area is 190 Å². The number of nitrogens with zero attached hydrogens (tertiary/aromatic N) is 5. The maximum atomic E-state index is 12.7. The predicted molar refractivity (Wildman–Crippen MR) is 127 cm³/mol. The molecule has 32 heavy (non-hydrogen) atoms. The largest absolute Gasteiger partial charge is 0.326 e. The van der Waals surface area contributed by atoms with Crippen LogP contribution in [0.2, 0.25) is 0 Å². The van der Waals surface area contributed by atoms with Crippen molar-refractivity contribution in [3.8, 4) is 11.4 Å². The van der Waals surface area contributed by atoms with Crippen molar-refractivity contribution >= 4 is 11.6 Å². The number of amides is 1. The van der Waals surface area contributed by atoms with Crippen LogP contribution in [0.25, 0.3) is 11.4 Å². The molecule has 1 aliphatic rings. The van der Waals surface area contributed by atoms with Gasteiger partial charge in [0.2, 0.25) is 5.91 Å². The quantitative estimate of drug-likeness (QED) is 0.584. The standard InChI is InChI=1S/C25H34N6O/c1-17(2)16-31-19(4)22(18(3)29-31)12-13-24(32)26-21-10-8-9-20(15-21)25-28-27-23-11-6-5-7-14-30(23)25/h8-10,15,17H,5-7,11-14,16H2,1-4H3,(H,26,32). The number of aryl methyl sites for hydroxylation is 2. The Morgan fingerprint density at radius 2 is 2.00 bits per heavy atom. The molecule has 0 fully saturated rings. The first kappa shape index (κ1) is 22.2. The Balaban J connectivity index is 1.42. The fourth-order valence-electron chi connectivity index (χ4n) is 4.52. The van der Waals surface area contributed by atoms with Crippen molar-refractivity contribution in [1.82, 2.24) is 24.5 Å². The average Bonchev–Trinajstić information content (AvgIpc) is 3.16. The van der Waals surface area contributed by atoms with Gasteiger partial charge >= 0.3 is 0 Å². The van der Waals surface area contributed by atoms with E-state index in [0.29, 0.717) is 18.8 Å². The maximum absolute atomic E-state index is 12.7. The summed E-state index contributed by atoms with van der Waals surface area (Å²) in [5.74, 6) is 2.51. The molecule has 0 aliphatic carbocycles. The van der Waals surface area contributed by atoms with Crippen molar-refractivity contribution < 1.29 is 4.79 Å². The summed E-state index contributed by atoms with van der Waals surface area (Å²) < 4.78 is 4.30. The minimum absolute atomic E-state index is 0.0117. The summed E-state index contributed by atoms with van der Waals surface area (Å²) in [6.07, 6.45) is 5.66. The highest BCUT2D eigenvalue weighted by Crippen LogP contribution is 2.25. The third kappa shape index (κ3) is 4.92. The van der Waals surface area contributed by atoms with Gasteiger partial charge in [0.05, 0.1) is 5.69 Å². The summed E-state index contributed by atoms with van der Waals surface area (Å²) in [4.78, 5) is 12.7. The molecule has 1 aliphatic heterocycles. The van der Waals surface area contributed by atoms with Crippen molar-refractivity contribution in [1.29, 1.82) is 0 Å². The first-order valence-electron chi connectivity index (χ1n) is 11.8. The SMILES string of the molecule is Cc1nn(CC(C)C)c(C)c1CCC(=O)Nc1cccc(-c2nnc3n2CCCCC3)c1. The van der Waals surface area contributed by atoms with Crippen LogP contribution < -0.4 is 5.32 Å². The second-order valence-electron chi connectivity index (χ2n) is 9.26. The van der Waals surface area contributed by atoms with E-state index in [1.165, 1.54) is 24.1 Å². The topological polar surface area (TPSA) is 77.6 Å². The number of hydrogen-bond acceptors (Lipinski definition) is 4. The van der Waals surface area contributed by atoms with E-state index in [9.17, 15) is 4.79 Å². The van der Waals surface area contributed by atoms with E-state index in [-0.39, 0.29) is 5.91 Å². The zero-order valence-corrected chi connectivity index (χ0v) is 19.7. The van der Waals surface area contributed by atoms with Crippen molar-refractivity contribution in [3.63, 3.8) is 0 Å². The average molecular weight is 435 g/mol.